The molecule has 0 aromatic heterocycles. The third-order valence-corrected chi connectivity index (χ3v) is 0.864. The van der Waals surface area contributed by atoms with Gasteiger partial charge in [-0.25, -0.2) is 10.3 Å². The first-order valence-electron chi connectivity index (χ1n) is 3.80. The van der Waals surface area contributed by atoms with Crippen LogP contribution in [0.4, 0.5) is 4.79 Å². The van der Waals surface area contributed by atoms with Gasteiger partial charge in [0.1, 0.15) is 5.60 Å². The summed E-state index contributed by atoms with van der Waals surface area (Å²) in [5.41, 5.74) is 1.32. The lowest BCUT2D eigenvalue weighted by atomic mass is 9.93. The Morgan fingerprint density at radius 1 is 1.62 bits per heavy atom. The van der Waals surface area contributed by atoms with Crippen LogP contribution in [-0.2, 0) is 9.49 Å². The van der Waals surface area contributed by atoms with Crippen LogP contribution in [-0.4, -0.2) is 23.8 Å². The van der Waals surface area contributed by atoms with Crippen LogP contribution in [0, 0.1) is 0 Å². The molecular formula is C7H14BNO4. The molecule has 0 atom stereocenters. The molecule has 0 radical (unpaired) electrons. The van der Waals surface area contributed by atoms with Crippen molar-refractivity contribution in [3.63, 3.8) is 0 Å². The summed E-state index contributed by atoms with van der Waals surface area (Å²) in [7, 11) is -1.23. The van der Waals surface area contributed by atoms with Crippen molar-refractivity contribution in [1.82, 2.24) is 5.48 Å². The molecule has 1 amide bonds. The van der Waals surface area contributed by atoms with Gasteiger partial charge in [-0.15, -0.1) is 6.58 Å². The zero-order chi connectivity index (χ0) is 10.5. The lowest BCUT2D eigenvalue weighted by molar-refractivity contribution is 0.0250. The van der Waals surface area contributed by atoms with Gasteiger partial charge in [-0.1, -0.05) is 5.98 Å². The molecule has 0 aromatic rings. The van der Waals surface area contributed by atoms with Gasteiger partial charge in [0, 0.05) is 0 Å². The summed E-state index contributed by atoms with van der Waals surface area (Å²) >= 11 is 0. The predicted molar refractivity (Wildman–Crippen MR) is 48.6 cm³/mol. The number of amides is 1. The second kappa shape index (κ2) is 4.88. The Morgan fingerprint density at radius 2 is 2.15 bits per heavy atom. The fourth-order valence-electron chi connectivity index (χ4n) is 0.456. The number of hydrogen-bond donors (Lipinski definition) is 2. The number of rotatable bonds is 3. The zero-order valence-corrected chi connectivity index (χ0v) is 8.03. The lowest BCUT2D eigenvalue weighted by Crippen LogP contribution is -2.36. The first-order chi connectivity index (χ1) is 5.85. The predicted octanol–water partition coefficient (Wildman–Crippen LogP) is 0.648. The van der Waals surface area contributed by atoms with Crippen molar-refractivity contribution in [3.8, 4) is 0 Å². The summed E-state index contributed by atoms with van der Waals surface area (Å²) in [6, 6.07) is 0. The molecule has 0 bridgehead atoms. The van der Waals surface area contributed by atoms with Gasteiger partial charge < -0.3 is 9.76 Å². The smallest absolute Gasteiger partial charge is 0.442 e. The normalized spacial score (nSPS) is 10.5. The molecule has 2 N–H and O–H groups in total. The van der Waals surface area contributed by atoms with E-state index in [2.05, 4.69) is 11.3 Å². The van der Waals surface area contributed by atoms with Gasteiger partial charge in [-0.05, 0) is 20.8 Å². The quantitative estimate of drug-likeness (QED) is 0.502. The highest BCUT2D eigenvalue weighted by atomic mass is 16.7. The Hall–Kier alpha value is -1.01. The van der Waals surface area contributed by atoms with Crippen molar-refractivity contribution in [2.24, 2.45) is 0 Å². The van der Waals surface area contributed by atoms with E-state index < -0.39 is 18.8 Å². The summed E-state index contributed by atoms with van der Waals surface area (Å²) < 4.78 is 9.22. The molecule has 0 saturated heterocycles. The van der Waals surface area contributed by atoms with Crippen LogP contribution >= 0.6 is 0 Å². The molecule has 6 heteroatoms. The summed E-state index contributed by atoms with van der Waals surface area (Å²) in [6.45, 7) is 8.40. The molecule has 0 spiro atoms. The summed E-state index contributed by atoms with van der Waals surface area (Å²) in [4.78, 5) is 10.9. The number of hydrogen-bond acceptors (Lipinski definition) is 4. The summed E-state index contributed by atoms with van der Waals surface area (Å²) in [5.74, 6) is 1.12. The van der Waals surface area contributed by atoms with E-state index in [0.717, 1.165) is 5.98 Å². The van der Waals surface area contributed by atoms with Gasteiger partial charge in [0.15, 0.2) is 0 Å². The molecule has 13 heavy (non-hydrogen) atoms. The molecular weight excluding hydrogens is 173 g/mol. The van der Waals surface area contributed by atoms with E-state index in [4.69, 9.17) is 9.76 Å². The molecule has 74 valence electrons. The van der Waals surface area contributed by atoms with Crippen LogP contribution in [0.3, 0.4) is 0 Å². The van der Waals surface area contributed by atoms with Crippen molar-refractivity contribution < 1.29 is 19.3 Å². The van der Waals surface area contributed by atoms with Crippen LogP contribution in [0.2, 0.25) is 0 Å². The number of carbonyl (C=O) groups excluding carboxylic acids is 1. The fraction of sp³-hybridized carbons (Fsp3) is 0.571. The van der Waals surface area contributed by atoms with E-state index >= 15 is 0 Å². The molecule has 0 aliphatic carbocycles. The van der Waals surface area contributed by atoms with Gasteiger partial charge in [-0.2, -0.15) is 0 Å². The SMILES string of the molecule is C=CB(O)ONC(=O)OC(C)(C)C. The van der Waals surface area contributed by atoms with Crippen LogP contribution in [0.15, 0.2) is 12.6 Å². The van der Waals surface area contributed by atoms with E-state index in [0.29, 0.717) is 0 Å². The number of carbonyl (C=O) groups is 1. The van der Waals surface area contributed by atoms with Gasteiger partial charge in [0.2, 0.25) is 0 Å². The van der Waals surface area contributed by atoms with Crippen LogP contribution in [0.25, 0.3) is 0 Å². The van der Waals surface area contributed by atoms with E-state index in [9.17, 15) is 4.79 Å². The standard InChI is InChI=1S/C7H14BNO4/c1-5-8(11)13-9-6(10)12-7(2,3)4/h5,11H,1H2,2-4H3,(H,9,10). The Balaban J connectivity index is 3.70. The van der Waals surface area contributed by atoms with Crippen molar-refractivity contribution in [3.05, 3.63) is 12.6 Å². The summed E-state index contributed by atoms with van der Waals surface area (Å²) in [5, 5.41) is 8.79. The maximum absolute atomic E-state index is 10.9. The van der Waals surface area contributed by atoms with Gasteiger partial charge in [-0.3, -0.25) is 4.76 Å². The maximum Gasteiger partial charge on any atom is 0.506 e. The minimum Gasteiger partial charge on any atom is -0.442 e. The molecule has 0 aliphatic heterocycles. The molecule has 5 nitrogen and oxygen atoms in total. The fourth-order valence-corrected chi connectivity index (χ4v) is 0.456. The van der Waals surface area contributed by atoms with E-state index in [-0.39, 0.29) is 0 Å². The number of nitrogens with one attached hydrogen (secondary N) is 1. The second-order valence-electron chi connectivity index (χ2n) is 3.35. The zero-order valence-electron chi connectivity index (χ0n) is 8.03. The maximum atomic E-state index is 10.9. The van der Waals surface area contributed by atoms with Crippen molar-refractivity contribution in [2.75, 3.05) is 0 Å². The monoisotopic (exact) mass is 187 g/mol. The third-order valence-electron chi connectivity index (χ3n) is 0.864. The number of hydroxylamine groups is 1. The molecule has 0 aliphatic rings. The van der Waals surface area contributed by atoms with Gasteiger partial charge >= 0.3 is 13.2 Å². The van der Waals surface area contributed by atoms with Crippen molar-refractivity contribution in [2.45, 2.75) is 26.4 Å². The number of ether oxygens (including phenoxy) is 1. The largest absolute Gasteiger partial charge is 0.506 e. The Bertz CT molecular complexity index is 189. The summed E-state index contributed by atoms with van der Waals surface area (Å²) in [6.07, 6.45) is -0.756. The first-order valence-corrected chi connectivity index (χ1v) is 3.80. The van der Waals surface area contributed by atoms with Gasteiger partial charge in [0.25, 0.3) is 0 Å². The van der Waals surface area contributed by atoms with Crippen molar-refractivity contribution >= 4 is 13.2 Å². The Labute approximate surface area is 77.8 Å². The lowest BCUT2D eigenvalue weighted by Gasteiger charge is -2.19. The average molecular weight is 187 g/mol. The van der Waals surface area contributed by atoms with Crippen LogP contribution < -0.4 is 5.48 Å². The molecule has 0 unspecified atom stereocenters. The molecule has 0 rings (SSSR count). The third kappa shape index (κ3) is 7.36. The topological polar surface area (TPSA) is 67.8 Å². The molecule has 0 fully saturated rings. The molecule has 0 saturated carbocycles. The van der Waals surface area contributed by atoms with E-state index in [1.807, 2.05) is 5.48 Å². The highest BCUT2D eigenvalue weighted by Gasteiger charge is 2.17. The van der Waals surface area contributed by atoms with Crippen LogP contribution in [0.1, 0.15) is 20.8 Å². The molecule has 0 aromatic carbocycles. The minimum atomic E-state index is -1.23. The average Bonchev–Trinajstić information content (AvgIpc) is 1.97. The van der Waals surface area contributed by atoms with Crippen LogP contribution in [0.5, 0.6) is 0 Å². The van der Waals surface area contributed by atoms with Gasteiger partial charge in [0.05, 0.1) is 0 Å². The van der Waals surface area contributed by atoms with E-state index in [1.165, 1.54) is 0 Å². The van der Waals surface area contributed by atoms with E-state index in [1.54, 1.807) is 20.8 Å². The molecule has 0 heterocycles. The Morgan fingerprint density at radius 3 is 2.54 bits per heavy atom. The van der Waals surface area contributed by atoms with Crippen molar-refractivity contribution in [1.29, 1.82) is 0 Å². The highest BCUT2D eigenvalue weighted by Crippen LogP contribution is 2.06. The highest BCUT2D eigenvalue weighted by molar-refractivity contribution is 6.48. The first kappa shape index (κ1) is 12.0. The second-order valence-corrected chi connectivity index (χ2v) is 3.35. The Kier molecular flexibility index (Phi) is 4.51. The minimum absolute atomic E-state index is 0.591.